The molecule has 0 atom stereocenters. The Hall–Kier alpha value is -0.170. The van der Waals surface area contributed by atoms with E-state index in [0.717, 1.165) is 25.9 Å². The summed E-state index contributed by atoms with van der Waals surface area (Å²) >= 11 is 0. The summed E-state index contributed by atoms with van der Waals surface area (Å²) in [6, 6.07) is 0. The molecule has 1 rings (SSSR count). The minimum Gasteiger partial charge on any atom is -0.329 e. The topological polar surface area (TPSA) is 75.4 Å². The number of piperidine rings is 1. The molecular formula is C10H23N3O2S. The number of nitrogens with zero attached hydrogens (tertiary/aromatic N) is 1. The van der Waals surface area contributed by atoms with Crippen LogP contribution in [-0.2, 0) is 10.0 Å². The van der Waals surface area contributed by atoms with Crippen molar-refractivity contribution in [2.75, 3.05) is 32.4 Å². The number of hydrogen-bond acceptors (Lipinski definition) is 4. The highest BCUT2D eigenvalue weighted by Gasteiger charge is 2.35. The van der Waals surface area contributed by atoms with E-state index in [-0.39, 0.29) is 5.75 Å². The van der Waals surface area contributed by atoms with E-state index in [0.29, 0.717) is 13.0 Å². The monoisotopic (exact) mass is 249 g/mol. The second kappa shape index (κ2) is 5.44. The van der Waals surface area contributed by atoms with Crippen LogP contribution >= 0.6 is 0 Å². The van der Waals surface area contributed by atoms with Gasteiger partial charge in [-0.05, 0) is 39.4 Å². The molecule has 1 saturated heterocycles. The molecule has 1 heterocycles. The first-order valence-electron chi connectivity index (χ1n) is 5.83. The van der Waals surface area contributed by atoms with Gasteiger partial charge >= 0.3 is 0 Å². The smallest absolute Gasteiger partial charge is 0.212 e. The van der Waals surface area contributed by atoms with Crippen molar-refractivity contribution in [1.82, 2.24) is 9.62 Å². The van der Waals surface area contributed by atoms with E-state index < -0.39 is 15.6 Å². The van der Waals surface area contributed by atoms with Crippen molar-refractivity contribution in [2.24, 2.45) is 5.73 Å². The van der Waals surface area contributed by atoms with Gasteiger partial charge in [-0.3, -0.25) is 0 Å². The summed E-state index contributed by atoms with van der Waals surface area (Å²) in [5, 5.41) is 0. The van der Waals surface area contributed by atoms with Crippen LogP contribution in [0.2, 0.25) is 0 Å². The standard InChI is InChI=1S/C10H23N3O2S/c1-3-8-16(14,15)12-10(9-11)4-6-13(2)7-5-10/h12H,3-9,11H2,1-2H3. The lowest BCUT2D eigenvalue weighted by atomic mass is 9.89. The first-order valence-corrected chi connectivity index (χ1v) is 7.48. The molecule has 1 aliphatic rings. The van der Waals surface area contributed by atoms with Crippen LogP contribution < -0.4 is 10.5 Å². The maximum absolute atomic E-state index is 11.8. The summed E-state index contributed by atoms with van der Waals surface area (Å²) in [7, 11) is -1.13. The van der Waals surface area contributed by atoms with E-state index in [1.54, 1.807) is 0 Å². The fourth-order valence-electron chi connectivity index (χ4n) is 2.04. The number of sulfonamides is 1. The second-order valence-corrected chi connectivity index (χ2v) is 6.55. The Morgan fingerprint density at radius 1 is 1.38 bits per heavy atom. The second-order valence-electron chi connectivity index (χ2n) is 4.71. The Labute approximate surface area is 98.4 Å². The zero-order valence-electron chi connectivity index (χ0n) is 10.2. The molecule has 0 saturated carbocycles. The SMILES string of the molecule is CCCS(=O)(=O)NC1(CN)CCN(C)CC1. The number of likely N-dealkylation sites (tertiary alicyclic amines) is 1. The van der Waals surface area contributed by atoms with Crippen LogP contribution in [0.4, 0.5) is 0 Å². The third-order valence-electron chi connectivity index (χ3n) is 3.18. The molecule has 96 valence electrons. The molecule has 16 heavy (non-hydrogen) atoms. The van der Waals surface area contributed by atoms with Crippen LogP contribution in [0, 0.1) is 0 Å². The number of hydrogen-bond donors (Lipinski definition) is 2. The summed E-state index contributed by atoms with van der Waals surface area (Å²) in [4.78, 5) is 2.20. The summed E-state index contributed by atoms with van der Waals surface area (Å²) in [5.41, 5.74) is 5.33. The Morgan fingerprint density at radius 3 is 2.38 bits per heavy atom. The molecule has 0 unspecified atom stereocenters. The van der Waals surface area contributed by atoms with Gasteiger partial charge in [0.15, 0.2) is 0 Å². The Balaban J connectivity index is 2.67. The molecule has 1 aliphatic heterocycles. The lowest BCUT2D eigenvalue weighted by Crippen LogP contribution is -2.59. The van der Waals surface area contributed by atoms with Gasteiger partial charge in [-0.1, -0.05) is 6.92 Å². The van der Waals surface area contributed by atoms with Crippen molar-refractivity contribution in [3.05, 3.63) is 0 Å². The fourth-order valence-corrected chi connectivity index (χ4v) is 3.63. The third-order valence-corrected chi connectivity index (χ3v) is 4.87. The third kappa shape index (κ3) is 3.69. The van der Waals surface area contributed by atoms with Crippen molar-refractivity contribution in [3.8, 4) is 0 Å². The van der Waals surface area contributed by atoms with Gasteiger partial charge in [0.25, 0.3) is 0 Å². The zero-order chi connectivity index (χ0) is 12.2. The predicted molar refractivity (Wildman–Crippen MR) is 65.7 cm³/mol. The van der Waals surface area contributed by atoms with Crippen molar-refractivity contribution in [1.29, 1.82) is 0 Å². The average molecular weight is 249 g/mol. The van der Waals surface area contributed by atoms with E-state index in [9.17, 15) is 8.42 Å². The minimum absolute atomic E-state index is 0.185. The van der Waals surface area contributed by atoms with Gasteiger partial charge in [-0.2, -0.15) is 0 Å². The van der Waals surface area contributed by atoms with Crippen molar-refractivity contribution >= 4 is 10.0 Å². The maximum Gasteiger partial charge on any atom is 0.212 e. The van der Waals surface area contributed by atoms with Gasteiger partial charge in [0, 0.05) is 12.1 Å². The number of rotatable bonds is 5. The van der Waals surface area contributed by atoms with Crippen LogP contribution in [-0.4, -0.2) is 51.3 Å². The quantitative estimate of drug-likeness (QED) is 0.704. The van der Waals surface area contributed by atoms with Crippen LogP contribution in [0.3, 0.4) is 0 Å². The Morgan fingerprint density at radius 2 is 1.94 bits per heavy atom. The number of nitrogens with one attached hydrogen (secondary N) is 1. The molecule has 0 aromatic rings. The van der Waals surface area contributed by atoms with E-state index >= 15 is 0 Å². The Kier molecular flexibility index (Phi) is 4.73. The first kappa shape index (κ1) is 13.9. The van der Waals surface area contributed by atoms with E-state index in [2.05, 4.69) is 9.62 Å². The molecule has 0 aromatic heterocycles. The van der Waals surface area contributed by atoms with Gasteiger partial charge in [0.05, 0.1) is 5.75 Å². The molecule has 0 amide bonds. The summed E-state index contributed by atoms with van der Waals surface area (Å²) in [5.74, 6) is 0.185. The lowest BCUT2D eigenvalue weighted by molar-refractivity contribution is 0.182. The van der Waals surface area contributed by atoms with Crippen molar-refractivity contribution in [3.63, 3.8) is 0 Å². The normalized spacial score (nSPS) is 22.2. The van der Waals surface area contributed by atoms with Gasteiger partial charge < -0.3 is 10.6 Å². The van der Waals surface area contributed by atoms with Crippen LogP contribution in [0.15, 0.2) is 0 Å². The summed E-state index contributed by atoms with van der Waals surface area (Å²) < 4.78 is 26.3. The highest BCUT2D eigenvalue weighted by Crippen LogP contribution is 2.21. The molecular weight excluding hydrogens is 226 g/mol. The number of nitrogens with two attached hydrogens (primary N) is 1. The summed E-state index contributed by atoms with van der Waals surface area (Å²) in [6.45, 7) is 4.03. The van der Waals surface area contributed by atoms with Gasteiger partial charge in [-0.25, -0.2) is 13.1 Å². The highest BCUT2D eigenvalue weighted by molar-refractivity contribution is 7.89. The minimum atomic E-state index is -3.17. The van der Waals surface area contributed by atoms with Crippen molar-refractivity contribution in [2.45, 2.75) is 31.7 Å². The molecule has 6 heteroatoms. The van der Waals surface area contributed by atoms with Crippen LogP contribution in [0.5, 0.6) is 0 Å². The average Bonchev–Trinajstić information content (AvgIpc) is 2.21. The predicted octanol–water partition coefficient (Wildman–Crippen LogP) is -0.261. The molecule has 0 aromatic carbocycles. The van der Waals surface area contributed by atoms with E-state index in [4.69, 9.17) is 5.73 Å². The molecule has 0 radical (unpaired) electrons. The molecule has 3 N–H and O–H groups in total. The largest absolute Gasteiger partial charge is 0.329 e. The molecule has 1 fully saturated rings. The lowest BCUT2D eigenvalue weighted by Gasteiger charge is -2.40. The van der Waals surface area contributed by atoms with E-state index in [1.165, 1.54) is 0 Å². The van der Waals surface area contributed by atoms with Crippen LogP contribution in [0.25, 0.3) is 0 Å². The highest BCUT2D eigenvalue weighted by atomic mass is 32.2. The molecule has 5 nitrogen and oxygen atoms in total. The van der Waals surface area contributed by atoms with Crippen LogP contribution in [0.1, 0.15) is 26.2 Å². The zero-order valence-corrected chi connectivity index (χ0v) is 11.0. The first-order chi connectivity index (χ1) is 7.43. The molecule has 0 aliphatic carbocycles. The van der Waals surface area contributed by atoms with Gasteiger partial charge in [0.1, 0.15) is 0 Å². The summed E-state index contributed by atoms with van der Waals surface area (Å²) in [6.07, 6.45) is 2.22. The fraction of sp³-hybridized carbons (Fsp3) is 1.00. The molecule has 0 bridgehead atoms. The van der Waals surface area contributed by atoms with Crippen molar-refractivity contribution < 1.29 is 8.42 Å². The Bertz CT molecular complexity index is 308. The van der Waals surface area contributed by atoms with Gasteiger partial charge in [-0.15, -0.1) is 0 Å². The van der Waals surface area contributed by atoms with E-state index in [1.807, 2.05) is 14.0 Å². The van der Waals surface area contributed by atoms with Gasteiger partial charge in [0.2, 0.25) is 10.0 Å². The maximum atomic E-state index is 11.8. The molecule has 0 spiro atoms.